The molecular weight excluding hydrogens is 340 g/mol. The van der Waals surface area contributed by atoms with Gasteiger partial charge >= 0.3 is 4.87 Å². The lowest BCUT2D eigenvalue weighted by atomic mass is 10.1. The van der Waals surface area contributed by atoms with Crippen LogP contribution < -0.4 is 10.2 Å². The van der Waals surface area contributed by atoms with Gasteiger partial charge in [-0.1, -0.05) is 45.5 Å². The molecule has 0 aliphatic rings. The summed E-state index contributed by atoms with van der Waals surface area (Å²) in [6, 6.07) is 7.63. The van der Waals surface area contributed by atoms with Gasteiger partial charge in [-0.2, -0.15) is 0 Å². The third-order valence-corrected chi connectivity index (χ3v) is 4.63. The molecule has 4 nitrogen and oxygen atoms in total. The summed E-state index contributed by atoms with van der Waals surface area (Å²) in [5, 5.41) is 4.66. The second kappa shape index (κ2) is 6.37. The van der Waals surface area contributed by atoms with Crippen LogP contribution in [0.15, 0.2) is 38.9 Å². The van der Waals surface area contributed by atoms with E-state index in [0.29, 0.717) is 0 Å². The van der Waals surface area contributed by atoms with Gasteiger partial charge in [0.25, 0.3) is 0 Å². The maximum atomic E-state index is 12.0. The fourth-order valence-electron chi connectivity index (χ4n) is 1.93. The number of aryl methyl sites for hydroxylation is 1. The van der Waals surface area contributed by atoms with Crippen LogP contribution in [0.1, 0.15) is 24.2 Å². The number of nitrogens with zero attached hydrogens (tertiary/aromatic N) is 1. The quantitative estimate of drug-likeness (QED) is 0.917. The second-order valence-corrected chi connectivity index (χ2v) is 6.21. The first-order valence-electron chi connectivity index (χ1n) is 6.17. The number of rotatable bonds is 4. The highest BCUT2D eigenvalue weighted by Gasteiger charge is 2.13. The van der Waals surface area contributed by atoms with Crippen molar-refractivity contribution in [3.8, 4) is 0 Å². The number of thiazole rings is 1. The lowest BCUT2D eigenvalue weighted by molar-refractivity contribution is -0.122. The Bertz CT molecular complexity index is 678. The van der Waals surface area contributed by atoms with E-state index in [1.54, 1.807) is 5.38 Å². The molecule has 0 aliphatic heterocycles. The Labute approximate surface area is 129 Å². The Morgan fingerprint density at radius 3 is 2.75 bits per heavy atom. The monoisotopic (exact) mass is 354 g/mol. The topological polar surface area (TPSA) is 51.1 Å². The zero-order valence-electron chi connectivity index (χ0n) is 11.2. The molecule has 20 heavy (non-hydrogen) atoms. The highest BCUT2D eigenvalue weighted by Crippen LogP contribution is 2.22. The third kappa shape index (κ3) is 3.37. The van der Waals surface area contributed by atoms with E-state index < -0.39 is 0 Å². The summed E-state index contributed by atoms with van der Waals surface area (Å²) in [5.41, 5.74) is 1.82. The molecule has 1 aromatic carbocycles. The summed E-state index contributed by atoms with van der Waals surface area (Å²) in [6.07, 6.45) is 0. The van der Waals surface area contributed by atoms with Crippen LogP contribution in [0.3, 0.4) is 0 Å². The van der Waals surface area contributed by atoms with Crippen LogP contribution in [0.5, 0.6) is 0 Å². The average Bonchev–Trinajstić information content (AvgIpc) is 2.71. The summed E-state index contributed by atoms with van der Waals surface area (Å²) < 4.78 is 2.43. The minimum Gasteiger partial charge on any atom is -0.348 e. The van der Waals surface area contributed by atoms with Gasteiger partial charge in [0.2, 0.25) is 5.91 Å². The summed E-state index contributed by atoms with van der Waals surface area (Å²) in [4.78, 5) is 23.5. The molecule has 2 aromatic rings. The number of carbonyl (C=O) groups is 1. The molecule has 0 saturated carbocycles. The van der Waals surface area contributed by atoms with Gasteiger partial charge < -0.3 is 5.32 Å². The number of hydrogen-bond donors (Lipinski definition) is 1. The van der Waals surface area contributed by atoms with E-state index in [1.165, 1.54) is 4.57 Å². The van der Waals surface area contributed by atoms with Gasteiger partial charge in [0.1, 0.15) is 6.54 Å². The molecule has 1 N–H and O–H groups in total. The molecule has 1 atom stereocenters. The Kier molecular flexibility index (Phi) is 4.77. The van der Waals surface area contributed by atoms with Gasteiger partial charge in [0.15, 0.2) is 0 Å². The first-order chi connectivity index (χ1) is 9.49. The van der Waals surface area contributed by atoms with Gasteiger partial charge in [-0.3, -0.25) is 14.2 Å². The van der Waals surface area contributed by atoms with E-state index in [9.17, 15) is 9.59 Å². The molecule has 6 heteroatoms. The van der Waals surface area contributed by atoms with Crippen molar-refractivity contribution in [3.63, 3.8) is 0 Å². The van der Waals surface area contributed by atoms with Crippen LogP contribution >= 0.6 is 27.3 Å². The summed E-state index contributed by atoms with van der Waals surface area (Å²) in [6.45, 7) is 3.80. The Morgan fingerprint density at radius 1 is 1.45 bits per heavy atom. The number of amides is 1. The molecule has 0 fully saturated rings. The molecule has 106 valence electrons. The molecule has 0 unspecified atom stereocenters. The third-order valence-electron chi connectivity index (χ3n) is 3.03. The second-order valence-electron chi connectivity index (χ2n) is 4.54. The first-order valence-corrected chi connectivity index (χ1v) is 7.85. The summed E-state index contributed by atoms with van der Waals surface area (Å²) in [7, 11) is 0. The van der Waals surface area contributed by atoms with E-state index in [0.717, 1.165) is 27.1 Å². The van der Waals surface area contributed by atoms with Gasteiger partial charge in [-0.15, -0.1) is 0 Å². The zero-order valence-corrected chi connectivity index (χ0v) is 13.6. The van der Waals surface area contributed by atoms with Gasteiger partial charge in [0.05, 0.1) is 6.04 Å². The van der Waals surface area contributed by atoms with E-state index in [1.807, 2.05) is 38.1 Å². The fraction of sp³-hybridized carbons (Fsp3) is 0.286. The first kappa shape index (κ1) is 15.0. The highest BCUT2D eigenvalue weighted by molar-refractivity contribution is 9.10. The molecule has 0 bridgehead atoms. The number of benzene rings is 1. The van der Waals surface area contributed by atoms with E-state index in [2.05, 4.69) is 21.2 Å². The molecule has 2 rings (SSSR count). The number of halogens is 1. The smallest absolute Gasteiger partial charge is 0.307 e. The SMILES string of the molecule is Cc1csc(=O)n1CC(=O)N[C@H](C)c1ccccc1Br. The van der Waals surface area contributed by atoms with E-state index in [-0.39, 0.29) is 23.4 Å². The summed E-state index contributed by atoms with van der Waals surface area (Å²) in [5.74, 6) is -0.170. The molecule has 0 radical (unpaired) electrons. The lowest BCUT2D eigenvalue weighted by Gasteiger charge is -2.16. The number of hydrogen-bond acceptors (Lipinski definition) is 3. The van der Waals surface area contributed by atoms with Crippen molar-refractivity contribution in [3.05, 3.63) is 55.0 Å². The van der Waals surface area contributed by atoms with Crippen molar-refractivity contribution < 1.29 is 4.79 Å². The van der Waals surface area contributed by atoms with Crippen LogP contribution in [0.4, 0.5) is 0 Å². The lowest BCUT2D eigenvalue weighted by Crippen LogP contribution is -2.33. The normalized spacial score (nSPS) is 12.2. The molecular formula is C14H15BrN2O2S. The van der Waals surface area contributed by atoms with Crippen molar-refractivity contribution in [2.24, 2.45) is 0 Å². The number of nitrogens with one attached hydrogen (secondary N) is 1. The molecule has 1 amide bonds. The minimum absolute atomic E-state index is 0.0585. The van der Waals surface area contributed by atoms with Gasteiger partial charge in [-0.05, 0) is 25.5 Å². The maximum Gasteiger partial charge on any atom is 0.307 e. The van der Waals surface area contributed by atoms with E-state index in [4.69, 9.17) is 0 Å². The van der Waals surface area contributed by atoms with Crippen LogP contribution in [0.25, 0.3) is 0 Å². The van der Waals surface area contributed by atoms with Crippen molar-refractivity contribution in [2.45, 2.75) is 26.4 Å². The summed E-state index contributed by atoms with van der Waals surface area (Å²) >= 11 is 4.58. The van der Waals surface area contributed by atoms with Crippen molar-refractivity contribution in [1.82, 2.24) is 9.88 Å². The van der Waals surface area contributed by atoms with Gasteiger partial charge in [0, 0.05) is 15.5 Å². The Balaban J connectivity index is 2.05. The molecule has 0 spiro atoms. The highest BCUT2D eigenvalue weighted by atomic mass is 79.9. The van der Waals surface area contributed by atoms with Crippen molar-refractivity contribution in [2.75, 3.05) is 0 Å². The number of aromatic nitrogens is 1. The zero-order chi connectivity index (χ0) is 14.7. The molecule has 1 heterocycles. The van der Waals surface area contributed by atoms with E-state index >= 15 is 0 Å². The largest absolute Gasteiger partial charge is 0.348 e. The predicted molar refractivity (Wildman–Crippen MR) is 84.0 cm³/mol. The molecule has 0 aliphatic carbocycles. The minimum atomic E-state index is -0.170. The van der Waals surface area contributed by atoms with Crippen molar-refractivity contribution >= 4 is 33.2 Å². The molecule has 1 aromatic heterocycles. The van der Waals surface area contributed by atoms with Gasteiger partial charge in [-0.25, -0.2) is 0 Å². The Hall–Kier alpha value is -1.40. The molecule has 0 saturated heterocycles. The van der Waals surface area contributed by atoms with Crippen LogP contribution in [-0.4, -0.2) is 10.5 Å². The Morgan fingerprint density at radius 2 is 2.15 bits per heavy atom. The van der Waals surface area contributed by atoms with Crippen LogP contribution in [0.2, 0.25) is 0 Å². The standard InChI is InChI=1S/C14H15BrN2O2S/c1-9-8-20-14(19)17(9)7-13(18)16-10(2)11-5-3-4-6-12(11)15/h3-6,8,10H,7H2,1-2H3,(H,16,18)/t10-/m1/s1. The maximum absolute atomic E-state index is 12.0. The average molecular weight is 355 g/mol. The van der Waals surface area contributed by atoms with Crippen LogP contribution in [-0.2, 0) is 11.3 Å². The predicted octanol–water partition coefficient (Wildman–Crippen LogP) is 2.86. The fourth-order valence-corrected chi connectivity index (χ4v) is 3.29. The van der Waals surface area contributed by atoms with Crippen LogP contribution in [0, 0.1) is 6.92 Å². The van der Waals surface area contributed by atoms with Crippen molar-refractivity contribution in [1.29, 1.82) is 0 Å². The number of carbonyl (C=O) groups excluding carboxylic acids is 1.